The van der Waals surface area contributed by atoms with Crippen LogP contribution in [0.4, 0.5) is 11.5 Å². The van der Waals surface area contributed by atoms with Crippen LogP contribution in [0.1, 0.15) is 12.8 Å². The number of aromatic nitrogens is 1. The monoisotopic (exact) mass is 236 g/mol. The van der Waals surface area contributed by atoms with Crippen LogP contribution in [0, 0.1) is 10.1 Å². The maximum atomic E-state index is 10.4. The summed E-state index contributed by atoms with van der Waals surface area (Å²) in [5, 5.41) is 13.6. The zero-order valence-corrected chi connectivity index (χ0v) is 9.80. The Hall–Kier alpha value is -1.69. The molecule has 1 fully saturated rings. The van der Waals surface area contributed by atoms with Crippen molar-refractivity contribution < 1.29 is 4.92 Å². The minimum Gasteiger partial charge on any atom is -0.381 e. The summed E-state index contributed by atoms with van der Waals surface area (Å²) in [5.74, 6) is -0.120. The molecular weight excluding hydrogens is 220 g/mol. The van der Waals surface area contributed by atoms with Crippen LogP contribution in [0.3, 0.4) is 0 Å². The molecule has 0 bridgehead atoms. The molecule has 0 radical (unpaired) electrons. The highest BCUT2D eigenvalue weighted by Crippen LogP contribution is 2.24. The molecular formula is C11H16N4O2. The Labute approximate surface area is 99.8 Å². The van der Waals surface area contributed by atoms with E-state index in [1.165, 1.54) is 25.1 Å². The first-order valence-electron chi connectivity index (χ1n) is 5.71. The molecule has 0 saturated heterocycles. The molecule has 1 aromatic rings. The van der Waals surface area contributed by atoms with Gasteiger partial charge in [0.15, 0.2) is 6.20 Å². The van der Waals surface area contributed by atoms with Gasteiger partial charge >= 0.3 is 5.82 Å². The van der Waals surface area contributed by atoms with E-state index in [-0.39, 0.29) is 5.82 Å². The third-order valence-electron chi connectivity index (χ3n) is 2.90. The molecule has 6 heteroatoms. The van der Waals surface area contributed by atoms with Crippen molar-refractivity contribution in [2.24, 2.45) is 0 Å². The summed E-state index contributed by atoms with van der Waals surface area (Å²) in [7, 11) is 2.12. The number of likely N-dealkylation sites (N-methyl/N-ethyl adjacent to an activating group) is 1. The summed E-state index contributed by atoms with van der Waals surface area (Å²) in [6, 6.07) is 3.85. The maximum absolute atomic E-state index is 10.4. The average Bonchev–Trinajstić information content (AvgIpc) is 3.13. The molecule has 1 aliphatic rings. The summed E-state index contributed by atoms with van der Waals surface area (Å²) in [5.41, 5.74) is 0.819. The number of hydrogen-bond donors (Lipinski definition) is 1. The second-order valence-corrected chi connectivity index (χ2v) is 4.30. The Morgan fingerprint density at radius 3 is 2.88 bits per heavy atom. The van der Waals surface area contributed by atoms with Gasteiger partial charge in [-0.1, -0.05) is 0 Å². The summed E-state index contributed by atoms with van der Waals surface area (Å²) < 4.78 is 0. The van der Waals surface area contributed by atoms with Gasteiger partial charge in [0, 0.05) is 25.2 Å². The first-order chi connectivity index (χ1) is 8.16. The summed E-state index contributed by atoms with van der Waals surface area (Å²) in [4.78, 5) is 16.0. The van der Waals surface area contributed by atoms with E-state index in [4.69, 9.17) is 0 Å². The molecule has 0 unspecified atom stereocenters. The first-order valence-corrected chi connectivity index (χ1v) is 5.71. The minimum atomic E-state index is -0.495. The highest BCUT2D eigenvalue weighted by Gasteiger charge is 2.25. The van der Waals surface area contributed by atoms with Gasteiger partial charge in [0.05, 0.1) is 5.69 Å². The molecule has 17 heavy (non-hydrogen) atoms. The lowest BCUT2D eigenvalue weighted by Gasteiger charge is -2.15. The van der Waals surface area contributed by atoms with Gasteiger partial charge in [0.25, 0.3) is 0 Å². The van der Waals surface area contributed by atoms with Gasteiger partial charge in [0.1, 0.15) is 0 Å². The summed E-state index contributed by atoms with van der Waals surface area (Å²) in [6.45, 7) is 1.80. The second kappa shape index (κ2) is 5.09. The van der Waals surface area contributed by atoms with E-state index >= 15 is 0 Å². The third-order valence-corrected chi connectivity index (χ3v) is 2.90. The van der Waals surface area contributed by atoms with Crippen molar-refractivity contribution in [2.45, 2.75) is 18.9 Å². The Bertz CT molecular complexity index is 389. The maximum Gasteiger partial charge on any atom is 0.363 e. The molecule has 92 valence electrons. The quantitative estimate of drug-likeness (QED) is 0.598. The van der Waals surface area contributed by atoms with Crippen LogP contribution in [0.5, 0.6) is 0 Å². The number of anilines is 1. The van der Waals surface area contributed by atoms with Crippen molar-refractivity contribution in [3.05, 3.63) is 28.4 Å². The second-order valence-electron chi connectivity index (χ2n) is 4.30. The molecule has 6 nitrogen and oxygen atoms in total. The van der Waals surface area contributed by atoms with Crippen LogP contribution < -0.4 is 5.32 Å². The van der Waals surface area contributed by atoms with Gasteiger partial charge in [-0.15, -0.1) is 0 Å². The minimum absolute atomic E-state index is 0.120. The molecule has 0 atom stereocenters. The molecule has 2 rings (SSSR count). The molecule has 1 saturated carbocycles. The van der Waals surface area contributed by atoms with Crippen molar-refractivity contribution in [3.8, 4) is 0 Å². The van der Waals surface area contributed by atoms with Crippen molar-refractivity contribution in [2.75, 3.05) is 25.5 Å². The highest BCUT2D eigenvalue weighted by molar-refractivity contribution is 5.43. The van der Waals surface area contributed by atoms with Crippen LogP contribution in [-0.4, -0.2) is 41.0 Å². The van der Waals surface area contributed by atoms with Gasteiger partial charge in [-0.3, -0.25) is 0 Å². The molecule has 1 N–H and O–H groups in total. The molecule has 0 spiro atoms. The van der Waals surface area contributed by atoms with E-state index in [2.05, 4.69) is 22.2 Å². The Morgan fingerprint density at radius 1 is 1.59 bits per heavy atom. The van der Waals surface area contributed by atoms with E-state index in [0.717, 1.165) is 24.8 Å². The number of pyridine rings is 1. The SMILES string of the molecule is CN(CCNc1ccc([N+](=O)[O-])nc1)C1CC1. The smallest absolute Gasteiger partial charge is 0.363 e. The fourth-order valence-corrected chi connectivity index (χ4v) is 1.67. The van der Waals surface area contributed by atoms with Crippen molar-refractivity contribution in [1.29, 1.82) is 0 Å². The number of nitrogens with zero attached hydrogens (tertiary/aromatic N) is 3. The first kappa shape index (κ1) is 11.8. The van der Waals surface area contributed by atoms with Gasteiger partial charge in [0.2, 0.25) is 0 Å². The van der Waals surface area contributed by atoms with Crippen LogP contribution in [0.15, 0.2) is 18.3 Å². The summed E-state index contributed by atoms with van der Waals surface area (Å²) in [6.07, 6.45) is 4.10. The zero-order valence-electron chi connectivity index (χ0n) is 9.80. The van der Waals surface area contributed by atoms with Crippen molar-refractivity contribution in [3.63, 3.8) is 0 Å². The van der Waals surface area contributed by atoms with E-state index < -0.39 is 4.92 Å². The molecule has 0 aliphatic heterocycles. The van der Waals surface area contributed by atoms with Crippen LogP contribution in [0.25, 0.3) is 0 Å². The van der Waals surface area contributed by atoms with Crippen molar-refractivity contribution in [1.82, 2.24) is 9.88 Å². The lowest BCUT2D eigenvalue weighted by molar-refractivity contribution is -0.389. The predicted octanol–water partition coefficient (Wildman–Crippen LogP) is 1.50. The zero-order chi connectivity index (χ0) is 12.3. The number of nitrogens with one attached hydrogen (secondary N) is 1. The number of rotatable bonds is 6. The Morgan fingerprint density at radius 2 is 2.35 bits per heavy atom. The summed E-state index contributed by atoms with van der Waals surface area (Å²) >= 11 is 0. The topological polar surface area (TPSA) is 71.3 Å². The van der Waals surface area contributed by atoms with Gasteiger partial charge in [-0.2, -0.15) is 0 Å². The molecule has 1 heterocycles. The van der Waals surface area contributed by atoms with E-state index in [0.29, 0.717) is 0 Å². The molecule has 1 aromatic heterocycles. The normalized spacial score (nSPS) is 14.9. The molecule has 0 amide bonds. The standard InChI is InChI=1S/C11H16N4O2/c1-14(10-3-4-10)7-6-12-9-2-5-11(13-8-9)15(16)17/h2,5,8,10,12H,3-4,6-7H2,1H3. The van der Waals surface area contributed by atoms with E-state index in [9.17, 15) is 10.1 Å². The largest absolute Gasteiger partial charge is 0.381 e. The van der Waals surface area contributed by atoms with E-state index in [1.807, 2.05) is 0 Å². The van der Waals surface area contributed by atoms with Crippen molar-refractivity contribution >= 4 is 11.5 Å². The third kappa shape index (κ3) is 3.39. The Balaban J connectivity index is 1.76. The Kier molecular flexibility index (Phi) is 3.53. The average molecular weight is 236 g/mol. The predicted molar refractivity (Wildman–Crippen MR) is 65.0 cm³/mol. The van der Waals surface area contributed by atoms with Crippen LogP contribution >= 0.6 is 0 Å². The fourth-order valence-electron chi connectivity index (χ4n) is 1.67. The lowest BCUT2D eigenvalue weighted by Crippen LogP contribution is -2.27. The van der Waals surface area contributed by atoms with Gasteiger partial charge < -0.3 is 20.3 Å². The molecule has 1 aliphatic carbocycles. The van der Waals surface area contributed by atoms with Gasteiger partial charge in [-0.25, -0.2) is 0 Å². The number of nitro groups is 1. The number of hydrogen-bond acceptors (Lipinski definition) is 5. The van der Waals surface area contributed by atoms with Crippen LogP contribution in [-0.2, 0) is 0 Å². The van der Waals surface area contributed by atoms with Gasteiger partial charge in [-0.05, 0) is 35.9 Å². The fraction of sp³-hybridized carbons (Fsp3) is 0.545. The van der Waals surface area contributed by atoms with E-state index in [1.54, 1.807) is 6.07 Å². The molecule has 0 aromatic carbocycles. The van der Waals surface area contributed by atoms with Crippen LogP contribution in [0.2, 0.25) is 0 Å². The lowest BCUT2D eigenvalue weighted by atomic mass is 10.4. The highest BCUT2D eigenvalue weighted by atomic mass is 16.6.